The van der Waals surface area contributed by atoms with Crippen molar-refractivity contribution in [2.24, 2.45) is 10.7 Å². The van der Waals surface area contributed by atoms with Crippen molar-refractivity contribution in [3.8, 4) is 0 Å². The second-order valence-corrected chi connectivity index (χ2v) is 6.00. The Morgan fingerprint density at radius 1 is 1.12 bits per heavy atom. The number of nitrogens with two attached hydrogens (primary N) is 1. The van der Waals surface area contributed by atoms with Gasteiger partial charge in [-0.05, 0) is 36.1 Å². The van der Waals surface area contributed by atoms with Crippen molar-refractivity contribution in [1.29, 1.82) is 0 Å². The number of para-hydroxylation sites is 1. The number of aryl methyl sites for hydroxylation is 2. The van der Waals surface area contributed by atoms with E-state index in [2.05, 4.69) is 47.3 Å². The van der Waals surface area contributed by atoms with E-state index in [1.54, 1.807) is 0 Å². The Kier molecular flexibility index (Phi) is 7.44. The maximum absolute atomic E-state index is 6.11. The number of halogens is 1. The third kappa shape index (κ3) is 4.75. The van der Waals surface area contributed by atoms with Gasteiger partial charge in [-0.3, -0.25) is 4.99 Å². The lowest BCUT2D eigenvalue weighted by atomic mass is 10.0. The Bertz CT molecular complexity index is 830. The van der Waals surface area contributed by atoms with Gasteiger partial charge >= 0.3 is 0 Å². The predicted octanol–water partition coefficient (Wildman–Crippen LogP) is 4.05. The SMILES string of the molecule is CCc1cccc(CC)c1NC(N)=NCCc1cn2ccccc2n1.I. The molecule has 3 rings (SSSR count). The van der Waals surface area contributed by atoms with Crippen molar-refractivity contribution in [2.45, 2.75) is 33.1 Å². The van der Waals surface area contributed by atoms with Crippen LogP contribution in [0.25, 0.3) is 5.65 Å². The number of guanidine groups is 1. The van der Waals surface area contributed by atoms with Gasteiger partial charge in [0.15, 0.2) is 5.96 Å². The fourth-order valence-electron chi connectivity index (χ4n) is 2.97. The van der Waals surface area contributed by atoms with Crippen LogP contribution in [-0.4, -0.2) is 21.9 Å². The molecule has 2 heterocycles. The van der Waals surface area contributed by atoms with Crippen LogP contribution < -0.4 is 11.1 Å². The summed E-state index contributed by atoms with van der Waals surface area (Å²) in [7, 11) is 0. The van der Waals surface area contributed by atoms with Crippen LogP contribution in [0, 0.1) is 0 Å². The van der Waals surface area contributed by atoms with Crippen LogP contribution in [0.5, 0.6) is 0 Å². The zero-order valence-electron chi connectivity index (χ0n) is 15.3. The minimum Gasteiger partial charge on any atom is -0.370 e. The molecule has 3 N–H and O–H groups in total. The standard InChI is InChI=1S/C20H25N5.HI/c1-3-15-8-7-9-16(4-2)19(15)24-20(21)22-12-11-17-14-25-13-6-5-10-18(25)23-17;/h5-10,13-14H,3-4,11-12H2,1-2H3,(H3,21,22,24);1H. The highest BCUT2D eigenvalue weighted by molar-refractivity contribution is 14.0. The molecule has 0 atom stereocenters. The molecule has 0 unspecified atom stereocenters. The molecule has 26 heavy (non-hydrogen) atoms. The van der Waals surface area contributed by atoms with Gasteiger partial charge in [0, 0.05) is 31.0 Å². The molecule has 0 aliphatic rings. The summed E-state index contributed by atoms with van der Waals surface area (Å²) in [6.45, 7) is 4.91. The van der Waals surface area contributed by atoms with Crippen molar-refractivity contribution < 1.29 is 0 Å². The van der Waals surface area contributed by atoms with Crippen LogP contribution in [0.15, 0.2) is 53.8 Å². The van der Waals surface area contributed by atoms with Gasteiger partial charge in [0.1, 0.15) is 5.65 Å². The van der Waals surface area contributed by atoms with Crippen molar-refractivity contribution >= 4 is 41.3 Å². The normalized spacial score (nSPS) is 11.4. The monoisotopic (exact) mass is 463 g/mol. The largest absolute Gasteiger partial charge is 0.370 e. The van der Waals surface area contributed by atoms with Gasteiger partial charge in [-0.25, -0.2) is 4.98 Å². The number of anilines is 1. The number of aromatic nitrogens is 2. The second-order valence-electron chi connectivity index (χ2n) is 6.00. The maximum Gasteiger partial charge on any atom is 0.193 e. The summed E-state index contributed by atoms with van der Waals surface area (Å²) in [5.74, 6) is 0.458. The Morgan fingerprint density at radius 2 is 1.85 bits per heavy atom. The van der Waals surface area contributed by atoms with Crippen LogP contribution in [0.2, 0.25) is 0 Å². The smallest absolute Gasteiger partial charge is 0.193 e. The summed E-state index contributed by atoms with van der Waals surface area (Å²) in [4.78, 5) is 9.05. The number of imidazole rings is 1. The number of hydrogen-bond acceptors (Lipinski definition) is 2. The van der Waals surface area contributed by atoms with E-state index in [0.717, 1.165) is 36.3 Å². The van der Waals surface area contributed by atoms with E-state index in [-0.39, 0.29) is 24.0 Å². The van der Waals surface area contributed by atoms with Gasteiger partial charge in [0.2, 0.25) is 0 Å². The molecule has 0 spiro atoms. The lowest BCUT2D eigenvalue weighted by Crippen LogP contribution is -2.24. The Labute approximate surface area is 171 Å². The van der Waals surface area contributed by atoms with Crippen LogP contribution in [0.4, 0.5) is 5.69 Å². The molecule has 1 aromatic carbocycles. The number of nitrogens with zero attached hydrogens (tertiary/aromatic N) is 3. The highest BCUT2D eigenvalue weighted by atomic mass is 127. The molecule has 3 aromatic rings. The summed E-state index contributed by atoms with van der Waals surface area (Å²) in [6.07, 6.45) is 6.73. The molecule has 0 aliphatic heterocycles. The molecule has 0 fully saturated rings. The summed E-state index contributed by atoms with van der Waals surface area (Å²) < 4.78 is 2.02. The number of pyridine rings is 1. The highest BCUT2D eigenvalue weighted by Crippen LogP contribution is 2.22. The topological polar surface area (TPSA) is 67.7 Å². The first-order valence-corrected chi connectivity index (χ1v) is 8.81. The van der Waals surface area contributed by atoms with E-state index < -0.39 is 0 Å². The van der Waals surface area contributed by atoms with Crippen molar-refractivity contribution in [2.75, 3.05) is 11.9 Å². The van der Waals surface area contributed by atoms with Gasteiger partial charge in [-0.2, -0.15) is 0 Å². The molecular formula is C20H26IN5. The molecule has 2 aromatic heterocycles. The fraction of sp³-hybridized carbons (Fsp3) is 0.300. The molecule has 0 saturated carbocycles. The zero-order chi connectivity index (χ0) is 17.6. The lowest BCUT2D eigenvalue weighted by Gasteiger charge is -2.14. The predicted molar refractivity (Wildman–Crippen MR) is 120 cm³/mol. The summed E-state index contributed by atoms with van der Waals surface area (Å²) >= 11 is 0. The average molecular weight is 463 g/mol. The Morgan fingerprint density at radius 3 is 2.50 bits per heavy atom. The van der Waals surface area contributed by atoms with Gasteiger partial charge in [0.25, 0.3) is 0 Å². The van der Waals surface area contributed by atoms with Gasteiger partial charge in [-0.15, -0.1) is 24.0 Å². The minimum atomic E-state index is 0. The van der Waals surface area contributed by atoms with Crippen LogP contribution in [0.1, 0.15) is 30.7 Å². The summed E-state index contributed by atoms with van der Waals surface area (Å²) in [5.41, 5.74) is 11.7. The Hall–Kier alpha value is -2.09. The number of rotatable bonds is 6. The number of aliphatic imine (C=N–C) groups is 1. The first-order valence-electron chi connectivity index (χ1n) is 8.81. The van der Waals surface area contributed by atoms with Crippen molar-refractivity contribution in [3.63, 3.8) is 0 Å². The van der Waals surface area contributed by atoms with E-state index in [9.17, 15) is 0 Å². The summed E-state index contributed by atoms with van der Waals surface area (Å²) in [5, 5.41) is 3.30. The molecule has 5 nitrogen and oxygen atoms in total. The van der Waals surface area contributed by atoms with Crippen molar-refractivity contribution in [1.82, 2.24) is 9.38 Å². The van der Waals surface area contributed by atoms with Gasteiger partial charge < -0.3 is 15.5 Å². The van der Waals surface area contributed by atoms with Crippen molar-refractivity contribution in [3.05, 3.63) is 65.6 Å². The molecule has 0 amide bonds. The third-order valence-electron chi connectivity index (χ3n) is 4.32. The van der Waals surface area contributed by atoms with Crippen LogP contribution in [-0.2, 0) is 19.3 Å². The lowest BCUT2D eigenvalue weighted by molar-refractivity contribution is 0.933. The third-order valence-corrected chi connectivity index (χ3v) is 4.32. The Balaban J connectivity index is 0.00000243. The van der Waals surface area contributed by atoms with E-state index in [4.69, 9.17) is 5.73 Å². The van der Waals surface area contributed by atoms with E-state index >= 15 is 0 Å². The molecule has 0 aliphatic carbocycles. The first-order chi connectivity index (χ1) is 12.2. The van der Waals surface area contributed by atoms with E-state index in [0.29, 0.717) is 12.5 Å². The second kappa shape index (κ2) is 9.56. The number of fused-ring (bicyclic) bond motifs is 1. The number of hydrogen-bond donors (Lipinski definition) is 2. The molecule has 6 heteroatoms. The zero-order valence-corrected chi connectivity index (χ0v) is 17.6. The van der Waals surface area contributed by atoms with Crippen LogP contribution in [0.3, 0.4) is 0 Å². The van der Waals surface area contributed by atoms with Crippen LogP contribution >= 0.6 is 24.0 Å². The molecule has 0 radical (unpaired) electrons. The molecule has 138 valence electrons. The molecular weight excluding hydrogens is 437 g/mol. The quantitative estimate of drug-likeness (QED) is 0.329. The van der Waals surface area contributed by atoms with Gasteiger partial charge in [-0.1, -0.05) is 38.1 Å². The number of benzene rings is 1. The minimum absolute atomic E-state index is 0. The van der Waals surface area contributed by atoms with E-state index in [1.807, 2.05) is 35.0 Å². The highest BCUT2D eigenvalue weighted by Gasteiger charge is 2.07. The summed E-state index contributed by atoms with van der Waals surface area (Å²) in [6, 6.07) is 12.3. The first kappa shape index (κ1) is 20.2. The molecule has 0 bridgehead atoms. The van der Waals surface area contributed by atoms with Gasteiger partial charge in [0.05, 0.1) is 5.69 Å². The fourth-order valence-corrected chi connectivity index (χ4v) is 2.97. The maximum atomic E-state index is 6.11. The van der Waals surface area contributed by atoms with E-state index in [1.165, 1.54) is 11.1 Å². The average Bonchev–Trinajstić information content (AvgIpc) is 3.04. The number of nitrogens with one attached hydrogen (secondary N) is 1. The molecule has 0 saturated heterocycles.